The monoisotopic (exact) mass is 484 g/mol. The molecule has 8 heteroatoms. The summed E-state index contributed by atoms with van der Waals surface area (Å²) in [6.07, 6.45) is 0. The van der Waals surface area contributed by atoms with Crippen LogP contribution < -0.4 is 0 Å². The van der Waals surface area contributed by atoms with Crippen LogP contribution in [0.25, 0.3) is 11.4 Å². The van der Waals surface area contributed by atoms with Gasteiger partial charge in [-0.15, -0.1) is 0 Å². The van der Waals surface area contributed by atoms with Gasteiger partial charge >= 0.3 is 0 Å². The quantitative estimate of drug-likeness (QED) is 0.395. The third-order valence-corrected chi connectivity index (χ3v) is 6.20. The highest BCUT2D eigenvalue weighted by molar-refractivity contribution is 5.95. The molecule has 0 unspecified atom stereocenters. The van der Waals surface area contributed by atoms with Crippen LogP contribution >= 0.6 is 0 Å². The van der Waals surface area contributed by atoms with E-state index in [1.54, 1.807) is 23.9 Å². The molecule has 2 aromatic carbocycles. The van der Waals surface area contributed by atoms with Crippen molar-refractivity contribution in [2.75, 3.05) is 27.2 Å². The normalized spacial score (nSPS) is 10.9. The number of rotatable bonds is 7. The van der Waals surface area contributed by atoms with Gasteiger partial charge in [-0.25, -0.2) is 9.36 Å². The van der Waals surface area contributed by atoms with E-state index in [0.717, 1.165) is 34.2 Å². The molecule has 4 aromatic rings. The van der Waals surface area contributed by atoms with Crippen LogP contribution in [0.1, 0.15) is 43.5 Å². The molecule has 0 bridgehead atoms. The second kappa shape index (κ2) is 10.2. The van der Waals surface area contributed by atoms with Crippen molar-refractivity contribution in [3.8, 4) is 11.4 Å². The van der Waals surface area contributed by atoms with E-state index in [0.29, 0.717) is 24.2 Å². The number of aryl methyl sites for hydroxylation is 4. The van der Waals surface area contributed by atoms with E-state index in [9.17, 15) is 9.59 Å². The van der Waals surface area contributed by atoms with E-state index >= 15 is 0 Å². The van der Waals surface area contributed by atoms with Gasteiger partial charge in [-0.1, -0.05) is 0 Å². The van der Waals surface area contributed by atoms with Gasteiger partial charge in [-0.2, -0.15) is 10.2 Å². The zero-order chi connectivity index (χ0) is 26.0. The summed E-state index contributed by atoms with van der Waals surface area (Å²) in [5.41, 5.74) is 6.99. The lowest BCUT2D eigenvalue weighted by atomic mass is 10.1. The van der Waals surface area contributed by atoms with E-state index in [2.05, 4.69) is 10.2 Å². The molecule has 0 radical (unpaired) electrons. The minimum atomic E-state index is -0.0926. The molecule has 2 aromatic heterocycles. The molecule has 4 rings (SSSR count). The average Bonchev–Trinajstić information content (AvgIpc) is 3.40. The highest BCUT2D eigenvalue weighted by atomic mass is 16.2. The molecule has 0 saturated heterocycles. The van der Waals surface area contributed by atoms with Crippen LogP contribution in [-0.2, 0) is 0 Å². The zero-order valence-corrected chi connectivity index (χ0v) is 21.7. The van der Waals surface area contributed by atoms with Gasteiger partial charge in [0.15, 0.2) is 0 Å². The standard InChI is InChI=1S/C28H32N6O2/c1-19-17-21(3)33(29-19)25-11-7-23(8-12-25)27(35)31(5)15-16-32(6)28(36)24-9-13-26(14-10-24)34-22(4)18-20(2)30-34/h7-14,17-18H,15-16H2,1-6H3. The maximum atomic E-state index is 12.9. The molecule has 0 atom stereocenters. The van der Waals surface area contributed by atoms with Crippen molar-refractivity contribution in [1.29, 1.82) is 0 Å². The number of amides is 2. The first-order valence-electron chi connectivity index (χ1n) is 11.9. The molecule has 0 aliphatic rings. The summed E-state index contributed by atoms with van der Waals surface area (Å²) in [4.78, 5) is 29.1. The smallest absolute Gasteiger partial charge is 0.253 e. The fraction of sp³-hybridized carbons (Fsp3) is 0.286. The molecule has 0 aliphatic carbocycles. The van der Waals surface area contributed by atoms with Gasteiger partial charge in [0.1, 0.15) is 0 Å². The molecule has 0 N–H and O–H groups in total. The summed E-state index contributed by atoms with van der Waals surface area (Å²) in [6, 6.07) is 18.8. The van der Waals surface area contributed by atoms with Crippen LogP contribution in [0.3, 0.4) is 0 Å². The SMILES string of the molecule is Cc1cc(C)n(-c2ccc(C(=O)N(C)CCN(C)C(=O)c3ccc(-n4nc(C)cc4C)cc3)cc2)n1. The van der Waals surface area contributed by atoms with Crippen molar-refractivity contribution >= 4 is 11.8 Å². The lowest BCUT2D eigenvalue weighted by molar-refractivity contribution is 0.0719. The Bertz CT molecular complexity index is 1270. The molecule has 2 heterocycles. The molecule has 8 nitrogen and oxygen atoms in total. The Kier molecular flexibility index (Phi) is 7.05. The second-order valence-electron chi connectivity index (χ2n) is 9.22. The van der Waals surface area contributed by atoms with Gasteiger partial charge in [-0.05, 0) is 88.4 Å². The average molecular weight is 485 g/mol. The predicted octanol–water partition coefficient (Wildman–Crippen LogP) is 4.14. The lowest BCUT2D eigenvalue weighted by Gasteiger charge is -2.23. The van der Waals surface area contributed by atoms with Gasteiger partial charge < -0.3 is 9.80 Å². The van der Waals surface area contributed by atoms with Crippen molar-refractivity contribution in [3.05, 3.63) is 94.6 Å². The van der Waals surface area contributed by atoms with Gasteiger partial charge in [0.05, 0.1) is 22.8 Å². The van der Waals surface area contributed by atoms with Gasteiger partial charge in [0.25, 0.3) is 11.8 Å². The van der Waals surface area contributed by atoms with Gasteiger partial charge in [0.2, 0.25) is 0 Å². The Morgan fingerprint density at radius 2 is 0.972 bits per heavy atom. The first-order chi connectivity index (χ1) is 17.1. The number of carbonyl (C=O) groups excluding carboxylic acids is 2. The molecular formula is C28H32N6O2. The molecule has 0 saturated carbocycles. The highest BCUT2D eigenvalue weighted by Crippen LogP contribution is 2.16. The van der Waals surface area contributed by atoms with Crippen LogP contribution in [0.5, 0.6) is 0 Å². The van der Waals surface area contributed by atoms with Crippen LogP contribution in [-0.4, -0.2) is 68.4 Å². The molecule has 2 amide bonds. The summed E-state index contributed by atoms with van der Waals surface area (Å²) < 4.78 is 3.72. The van der Waals surface area contributed by atoms with Gasteiger partial charge in [0, 0.05) is 49.7 Å². The van der Waals surface area contributed by atoms with Crippen molar-refractivity contribution < 1.29 is 9.59 Å². The number of nitrogens with zero attached hydrogens (tertiary/aromatic N) is 6. The van der Waals surface area contributed by atoms with E-state index in [1.165, 1.54) is 0 Å². The van der Waals surface area contributed by atoms with Gasteiger partial charge in [-0.3, -0.25) is 9.59 Å². The van der Waals surface area contributed by atoms with Crippen LogP contribution in [0.4, 0.5) is 0 Å². The zero-order valence-electron chi connectivity index (χ0n) is 21.7. The van der Waals surface area contributed by atoms with Crippen molar-refractivity contribution in [1.82, 2.24) is 29.4 Å². The van der Waals surface area contributed by atoms with E-state index < -0.39 is 0 Å². The Balaban J connectivity index is 1.34. The largest absolute Gasteiger partial charge is 0.340 e. The number of hydrogen-bond donors (Lipinski definition) is 0. The van der Waals surface area contributed by atoms with Crippen molar-refractivity contribution in [3.63, 3.8) is 0 Å². The van der Waals surface area contributed by atoms with Crippen LogP contribution in [0.15, 0.2) is 60.7 Å². The summed E-state index contributed by atoms with van der Waals surface area (Å²) in [5, 5.41) is 8.97. The van der Waals surface area contributed by atoms with Crippen molar-refractivity contribution in [2.45, 2.75) is 27.7 Å². The van der Waals surface area contributed by atoms with Crippen LogP contribution in [0, 0.1) is 27.7 Å². The minimum absolute atomic E-state index is 0.0926. The number of hydrogen-bond acceptors (Lipinski definition) is 4. The summed E-state index contributed by atoms with van der Waals surface area (Å²) >= 11 is 0. The third-order valence-electron chi connectivity index (χ3n) is 6.20. The van der Waals surface area contributed by atoms with E-state index in [1.807, 2.05) is 97.7 Å². The first-order valence-corrected chi connectivity index (χ1v) is 11.9. The summed E-state index contributed by atoms with van der Waals surface area (Å²) in [5.74, 6) is -0.185. The lowest BCUT2D eigenvalue weighted by Crippen LogP contribution is -2.37. The Hall–Kier alpha value is -4.20. The molecule has 36 heavy (non-hydrogen) atoms. The topological polar surface area (TPSA) is 76.3 Å². The maximum Gasteiger partial charge on any atom is 0.253 e. The third kappa shape index (κ3) is 5.22. The number of carbonyl (C=O) groups is 2. The number of benzene rings is 2. The molecule has 186 valence electrons. The summed E-state index contributed by atoms with van der Waals surface area (Å²) in [6.45, 7) is 8.75. The molecule has 0 aliphatic heterocycles. The predicted molar refractivity (Wildman–Crippen MR) is 140 cm³/mol. The Morgan fingerprint density at radius 1 is 0.639 bits per heavy atom. The molecule has 0 fully saturated rings. The molecule has 0 spiro atoms. The fourth-order valence-corrected chi connectivity index (χ4v) is 4.21. The fourth-order valence-electron chi connectivity index (χ4n) is 4.21. The number of aromatic nitrogens is 4. The highest BCUT2D eigenvalue weighted by Gasteiger charge is 2.16. The van der Waals surface area contributed by atoms with Crippen LogP contribution in [0.2, 0.25) is 0 Å². The van der Waals surface area contributed by atoms with E-state index in [4.69, 9.17) is 0 Å². The van der Waals surface area contributed by atoms with Crippen molar-refractivity contribution in [2.24, 2.45) is 0 Å². The molecular weight excluding hydrogens is 452 g/mol. The minimum Gasteiger partial charge on any atom is -0.340 e. The second-order valence-corrected chi connectivity index (χ2v) is 9.22. The number of likely N-dealkylation sites (N-methyl/N-ethyl adjacent to an activating group) is 2. The maximum absolute atomic E-state index is 12.9. The van der Waals surface area contributed by atoms with E-state index in [-0.39, 0.29) is 11.8 Å². The Morgan fingerprint density at radius 3 is 1.25 bits per heavy atom. The Labute approximate surface area is 211 Å². The first kappa shape index (κ1) is 24.9. The summed E-state index contributed by atoms with van der Waals surface area (Å²) in [7, 11) is 3.50.